The molecule has 5 heteroatoms. The molecule has 0 atom stereocenters. The summed E-state index contributed by atoms with van der Waals surface area (Å²) in [4.78, 5) is 8.13. The van der Waals surface area contributed by atoms with Crippen LogP contribution in [0.25, 0.3) is 0 Å². The van der Waals surface area contributed by atoms with Crippen LogP contribution in [0.1, 0.15) is 11.1 Å². The lowest BCUT2D eigenvalue weighted by Crippen LogP contribution is -2.04. The van der Waals surface area contributed by atoms with Crippen LogP contribution in [0.5, 0.6) is 0 Å². The van der Waals surface area contributed by atoms with Crippen molar-refractivity contribution < 1.29 is 4.74 Å². The maximum atomic E-state index is 5.59. The van der Waals surface area contributed by atoms with Crippen LogP contribution in [0.3, 0.4) is 0 Å². The first-order valence-electron chi connectivity index (χ1n) is 5.63. The summed E-state index contributed by atoms with van der Waals surface area (Å²) in [5.41, 5.74) is 8.56. The van der Waals surface area contributed by atoms with Crippen LogP contribution in [0.2, 0.25) is 0 Å². The van der Waals surface area contributed by atoms with Crippen molar-refractivity contribution in [3.63, 3.8) is 0 Å². The van der Waals surface area contributed by atoms with Crippen LogP contribution < -0.4 is 11.1 Å². The highest BCUT2D eigenvalue weighted by atomic mass is 16.5. The summed E-state index contributed by atoms with van der Waals surface area (Å²) < 4.78 is 5.16. The van der Waals surface area contributed by atoms with Gasteiger partial charge in [-0.1, -0.05) is 18.2 Å². The molecule has 0 saturated carbocycles. The summed E-state index contributed by atoms with van der Waals surface area (Å²) in [6.45, 7) is 2.48. The molecule has 0 radical (unpaired) electrons. The first-order valence-corrected chi connectivity index (χ1v) is 5.63. The fraction of sp³-hybridized carbons (Fsp3) is 0.231. The summed E-state index contributed by atoms with van der Waals surface area (Å²) in [5.74, 6) is 0.971. The minimum atomic E-state index is 0.257. The van der Waals surface area contributed by atoms with E-state index < -0.39 is 0 Å². The number of nitrogen functional groups attached to an aromatic ring is 1. The molecule has 1 heterocycles. The third-order valence-electron chi connectivity index (χ3n) is 2.56. The Hall–Kier alpha value is -2.14. The van der Waals surface area contributed by atoms with Crippen molar-refractivity contribution in [2.45, 2.75) is 13.5 Å². The van der Waals surface area contributed by atoms with Crippen LogP contribution >= 0.6 is 0 Å². The standard InChI is InChI=1S/C13H16N4O/c1-9-7-15-13(14)17-12(9)16-11-6-4-3-5-10(11)8-18-2/h3-7H,8H2,1-2H3,(H3,14,15,16,17). The van der Waals surface area contributed by atoms with Gasteiger partial charge in [-0.15, -0.1) is 0 Å². The highest BCUT2D eigenvalue weighted by molar-refractivity contribution is 5.63. The van der Waals surface area contributed by atoms with Crippen molar-refractivity contribution in [2.75, 3.05) is 18.2 Å². The van der Waals surface area contributed by atoms with Gasteiger partial charge in [0.25, 0.3) is 0 Å². The number of aryl methyl sites for hydroxylation is 1. The quantitative estimate of drug-likeness (QED) is 0.863. The number of nitrogens with one attached hydrogen (secondary N) is 1. The molecule has 1 aromatic heterocycles. The monoisotopic (exact) mass is 244 g/mol. The van der Waals surface area contributed by atoms with Crippen LogP contribution in [-0.2, 0) is 11.3 Å². The van der Waals surface area contributed by atoms with Crippen LogP contribution in [-0.4, -0.2) is 17.1 Å². The van der Waals surface area contributed by atoms with Crippen molar-refractivity contribution in [2.24, 2.45) is 0 Å². The number of rotatable bonds is 4. The average Bonchev–Trinajstić information content (AvgIpc) is 2.36. The number of hydrogen-bond donors (Lipinski definition) is 2. The first-order chi connectivity index (χ1) is 8.70. The second-order valence-corrected chi connectivity index (χ2v) is 3.97. The predicted octanol–water partition coefficient (Wildman–Crippen LogP) is 2.26. The van der Waals surface area contributed by atoms with E-state index >= 15 is 0 Å². The van der Waals surface area contributed by atoms with Crippen LogP contribution in [0.4, 0.5) is 17.5 Å². The Bertz CT molecular complexity index is 542. The van der Waals surface area contributed by atoms with E-state index in [9.17, 15) is 0 Å². The van der Waals surface area contributed by atoms with Gasteiger partial charge in [-0.05, 0) is 13.0 Å². The number of hydrogen-bond acceptors (Lipinski definition) is 5. The molecule has 18 heavy (non-hydrogen) atoms. The minimum absolute atomic E-state index is 0.257. The van der Waals surface area contributed by atoms with Gasteiger partial charge in [0.1, 0.15) is 5.82 Å². The number of benzene rings is 1. The smallest absolute Gasteiger partial charge is 0.221 e. The predicted molar refractivity (Wildman–Crippen MR) is 71.6 cm³/mol. The summed E-state index contributed by atoms with van der Waals surface area (Å²) in [6.07, 6.45) is 1.70. The van der Waals surface area contributed by atoms with E-state index in [1.165, 1.54) is 0 Å². The Balaban J connectivity index is 2.30. The lowest BCUT2D eigenvalue weighted by Gasteiger charge is -2.12. The molecular weight excluding hydrogens is 228 g/mol. The zero-order chi connectivity index (χ0) is 13.0. The van der Waals surface area contributed by atoms with E-state index in [1.54, 1.807) is 13.3 Å². The Kier molecular flexibility index (Phi) is 3.74. The SMILES string of the molecule is COCc1ccccc1Nc1nc(N)ncc1C. The largest absolute Gasteiger partial charge is 0.380 e. The Morgan fingerprint density at radius 2 is 2.11 bits per heavy atom. The molecule has 1 aromatic carbocycles. The number of aromatic nitrogens is 2. The molecule has 0 aliphatic heterocycles. The maximum absolute atomic E-state index is 5.59. The van der Waals surface area contributed by atoms with E-state index in [1.807, 2.05) is 31.2 Å². The number of nitrogens with zero attached hydrogens (tertiary/aromatic N) is 2. The van der Waals surface area contributed by atoms with Gasteiger partial charge in [-0.25, -0.2) is 4.98 Å². The normalized spacial score (nSPS) is 10.3. The molecular formula is C13H16N4O. The lowest BCUT2D eigenvalue weighted by atomic mass is 10.2. The molecule has 0 bridgehead atoms. The highest BCUT2D eigenvalue weighted by Crippen LogP contribution is 2.22. The van der Waals surface area contributed by atoms with E-state index in [2.05, 4.69) is 15.3 Å². The van der Waals surface area contributed by atoms with Crippen molar-refractivity contribution in [1.82, 2.24) is 9.97 Å². The van der Waals surface area contributed by atoms with E-state index in [4.69, 9.17) is 10.5 Å². The average molecular weight is 244 g/mol. The van der Waals surface area contributed by atoms with Gasteiger partial charge in [-0.2, -0.15) is 4.98 Å². The lowest BCUT2D eigenvalue weighted by molar-refractivity contribution is 0.185. The molecule has 0 saturated heterocycles. The second kappa shape index (κ2) is 5.46. The van der Waals surface area contributed by atoms with Gasteiger partial charge < -0.3 is 15.8 Å². The molecule has 0 fully saturated rings. The fourth-order valence-electron chi connectivity index (χ4n) is 1.63. The fourth-order valence-corrected chi connectivity index (χ4v) is 1.63. The number of ether oxygens (including phenoxy) is 1. The summed E-state index contributed by atoms with van der Waals surface area (Å²) in [5, 5.41) is 3.26. The van der Waals surface area contributed by atoms with Gasteiger partial charge in [0.2, 0.25) is 5.95 Å². The van der Waals surface area contributed by atoms with Crippen LogP contribution in [0, 0.1) is 6.92 Å². The third kappa shape index (κ3) is 2.75. The molecule has 3 N–H and O–H groups in total. The van der Waals surface area contributed by atoms with Crippen molar-refractivity contribution in [3.05, 3.63) is 41.6 Å². The van der Waals surface area contributed by atoms with Crippen molar-refractivity contribution in [3.8, 4) is 0 Å². The molecule has 94 valence electrons. The van der Waals surface area contributed by atoms with Gasteiger partial charge in [0, 0.05) is 30.1 Å². The Morgan fingerprint density at radius 1 is 1.33 bits per heavy atom. The minimum Gasteiger partial charge on any atom is -0.380 e. The zero-order valence-electron chi connectivity index (χ0n) is 10.5. The molecule has 0 unspecified atom stereocenters. The van der Waals surface area contributed by atoms with Gasteiger partial charge in [-0.3, -0.25) is 0 Å². The molecule has 0 aliphatic carbocycles. The van der Waals surface area contributed by atoms with E-state index in [0.29, 0.717) is 12.4 Å². The molecule has 2 rings (SSSR count). The summed E-state index contributed by atoms with van der Waals surface area (Å²) in [6, 6.07) is 7.92. The van der Waals surface area contributed by atoms with Crippen LogP contribution in [0.15, 0.2) is 30.5 Å². The topological polar surface area (TPSA) is 73.1 Å². The third-order valence-corrected chi connectivity index (χ3v) is 2.56. The molecule has 5 nitrogen and oxygen atoms in total. The van der Waals surface area contributed by atoms with Gasteiger partial charge in [0.15, 0.2) is 0 Å². The molecule has 0 spiro atoms. The highest BCUT2D eigenvalue weighted by Gasteiger charge is 2.05. The number of nitrogens with two attached hydrogens (primary N) is 1. The number of anilines is 3. The van der Waals surface area contributed by atoms with Gasteiger partial charge in [0.05, 0.1) is 6.61 Å². The number of para-hydroxylation sites is 1. The maximum Gasteiger partial charge on any atom is 0.221 e. The van der Waals surface area contributed by atoms with Crippen molar-refractivity contribution >= 4 is 17.5 Å². The molecule has 0 amide bonds. The second-order valence-electron chi connectivity index (χ2n) is 3.97. The number of methoxy groups -OCH3 is 1. The Labute approximate surface area is 106 Å². The molecule has 2 aromatic rings. The van der Waals surface area contributed by atoms with Crippen molar-refractivity contribution in [1.29, 1.82) is 0 Å². The van der Waals surface area contributed by atoms with E-state index in [-0.39, 0.29) is 5.95 Å². The zero-order valence-corrected chi connectivity index (χ0v) is 10.5. The van der Waals surface area contributed by atoms with Gasteiger partial charge >= 0.3 is 0 Å². The Morgan fingerprint density at radius 3 is 2.89 bits per heavy atom. The summed E-state index contributed by atoms with van der Waals surface area (Å²) in [7, 11) is 1.67. The summed E-state index contributed by atoms with van der Waals surface area (Å²) >= 11 is 0. The molecule has 0 aliphatic rings. The van der Waals surface area contributed by atoms with E-state index in [0.717, 1.165) is 16.8 Å². The first kappa shape index (κ1) is 12.3.